The Morgan fingerprint density at radius 3 is 2.30 bits per heavy atom. The number of rotatable bonds is 4. The van der Waals surface area contributed by atoms with Crippen molar-refractivity contribution in [3.05, 3.63) is 58.3 Å². The van der Waals surface area contributed by atoms with Crippen LogP contribution in [0.5, 0.6) is 5.88 Å². The lowest BCUT2D eigenvalue weighted by Crippen LogP contribution is -2.06. The van der Waals surface area contributed by atoms with Gasteiger partial charge in [-0.25, -0.2) is 4.98 Å². The van der Waals surface area contributed by atoms with Crippen LogP contribution in [0, 0.1) is 20.8 Å². The average molecular weight is 271 g/mol. The molecule has 0 amide bonds. The zero-order valence-electron chi connectivity index (χ0n) is 12.5. The van der Waals surface area contributed by atoms with Crippen LogP contribution in [0.15, 0.2) is 30.5 Å². The third kappa shape index (κ3) is 3.17. The lowest BCUT2D eigenvalue weighted by atomic mass is 9.93. The largest absolute Gasteiger partial charge is 0.481 e. The van der Waals surface area contributed by atoms with Crippen molar-refractivity contribution in [2.45, 2.75) is 33.3 Å². The molecule has 2 aromatic rings. The highest BCUT2D eigenvalue weighted by Crippen LogP contribution is 2.24. The zero-order chi connectivity index (χ0) is 14.7. The standard InChI is InChI=1S/C17H21NO2/c1-11-7-12(2)15(13(3)8-11)9-16(19)14-5-6-17(20-4)18-10-14/h5-8,10,16,19H,9H2,1-4H3. The summed E-state index contributed by atoms with van der Waals surface area (Å²) in [5.41, 5.74) is 5.72. The quantitative estimate of drug-likeness (QED) is 0.927. The number of methoxy groups -OCH3 is 1. The van der Waals surface area contributed by atoms with E-state index in [1.165, 1.54) is 22.3 Å². The van der Waals surface area contributed by atoms with Crippen molar-refractivity contribution >= 4 is 0 Å². The van der Waals surface area contributed by atoms with Gasteiger partial charge in [-0.1, -0.05) is 17.7 Å². The fraction of sp³-hybridized carbons (Fsp3) is 0.353. The SMILES string of the molecule is COc1ccc(C(O)Cc2c(C)cc(C)cc2C)cn1. The predicted octanol–water partition coefficient (Wildman–Crippen LogP) is 3.29. The van der Waals surface area contributed by atoms with E-state index in [0.29, 0.717) is 12.3 Å². The zero-order valence-corrected chi connectivity index (χ0v) is 12.5. The van der Waals surface area contributed by atoms with Gasteiger partial charge in [0, 0.05) is 18.7 Å². The Morgan fingerprint density at radius 1 is 1.15 bits per heavy atom. The molecule has 1 aromatic heterocycles. The molecule has 106 valence electrons. The molecule has 0 radical (unpaired) electrons. The van der Waals surface area contributed by atoms with Crippen molar-refractivity contribution in [1.82, 2.24) is 4.98 Å². The number of aromatic nitrogens is 1. The van der Waals surface area contributed by atoms with E-state index in [1.54, 1.807) is 19.4 Å². The predicted molar refractivity (Wildman–Crippen MR) is 80.1 cm³/mol. The number of pyridine rings is 1. The van der Waals surface area contributed by atoms with Crippen molar-refractivity contribution in [1.29, 1.82) is 0 Å². The third-order valence-electron chi connectivity index (χ3n) is 3.59. The number of benzene rings is 1. The van der Waals surface area contributed by atoms with Gasteiger partial charge in [0.15, 0.2) is 0 Å². The maximum atomic E-state index is 10.4. The molecule has 1 heterocycles. The topological polar surface area (TPSA) is 42.4 Å². The van der Waals surface area contributed by atoms with Gasteiger partial charge in [-0.05, 0) is 49.1 Å². The summed E-state index contributed by atoms with van der Waals surface area (Å²) in [7, 11) is 1.58. The molecule has 1 aromatic carbocycles. The molecule has 1 N–H and O–H groups in total. The number of nitrogens with zero attached hydrogens (tertiary/aromatic N) is 1. The Labute approximate surface area is 120 Å². The highest BCUT2D eigenvalue weighted by atomic mass is 16.5. The fourth-order valence-electron chi connectivity index (χ4n) is 2.55. The maximum absolute atomic E-state index is 10.4. The Kier molecular flexibility index (Phi) is 4.40. The van der Waals surface area contributed by atoms with Crippen LogP contribution in [0.25, 0.3) is 0 Å². The van der Waals surface area contributed by atoms with Crippen LogP contribution >= 0.6 is 0 Å². The van der Waals surface area contributed by atoms with Crippen LogP contribution in [0.4, 0.5) is 0 Å². The van der Waals surface area contributed by atoms with Gasteiger partial charge >= 0.3 is 0 Å². The van der Waals surface area contributed by atoms with Crippen molar-refractivity contribution < 1.29 is 9.84 Å². The van der Waals surface area contributed by atoms with E-state index >= 15 is 0 Å². The second-order valence-electron chi connectivity index (χ2n) is 5.23. The molecule has 1 atom stereocenters. The third-order valence-corrected chi connectivity index (χ3v) is 3.59. The van der Waals surface area contributed by atoms with Gasteiger partial charge in [0.2, 0.25) is 5.88 Å². The van der Waals surface area contributed by atoms with E-state index in [9.17, 15) is 5.11 Å². The molecular weight excluding hydrogens is 250 g/mol. The van der Waals surface area contributed by atoms with Crippen molar-refractivity contribution in [3.8, 4) is 5.88 Å². The van der Waals surface area contributed by atoms with Crippen LogP contribution in [0.3, 0.4) is 0 Å². The van der Waals surface area contributed by atoms with Gasteiger partial charge in [-0.2, -0.15) is 0 Å². The molecule has 2 rings (SSSR count). The minimum atomic E-state index is -0.548. The summed E-state index contributed by atoms with van der Waals surface area (Å²) < 4.78 is 5.03. The maximum Gasteiger partial charge on any atom is 0.212 e. The Morgan fingerprint density at radius 2 is 1.80 bits per heavy atom. The first-order valence-electron chi connectivity index (χ1n) is 6.76. The van der Waals surface area contributed by atoms with Crippen molar-refractivity contribution in [2.24, 2.45) is 0 Å². The van der Waals surface area contributed by atoms with Crippen molar-refractivity contribution in [3.63, 3.8) is 0 Å². The lowest BCUT2D eigenvalue weighted by Gasteiger charge is -2.16. The first-order valence-corrected chi connectivity index (χ1v) is 6.76. The second kappa shape index (κ2) is 6.06. The molecule has 20 heavy (non-hydrogen) atoms. The number of aryl methyl sites for hydroxylation is 3. The first-order chi connectivity index (χ1) is 9.51. The van der Waals surface area contributed by atoms with Crippen LogP contribution in [-0.2, 0) is 6.42 Å². The molecule has 3 nitrogen and oxygen atoms in total. The summed E-state index contributed by atoms with van der Waals surface area (Å²) in [6.45, 7) is 6.27. The first kappa shape index (κ1) is 14.5. The summed E-state index contributed by atoms with van der Waals surface area (Å²) in [6.07, 6.45) is 1.72. The molecular formula is C17H21NO2. The van der Waals surface area contributed by atoms with Gasteiger partial charge in [-0.15, -0.1) is 0 Å². The molecule has 3 heteroatoms. The van der Waals surface area contributed by atoms with E-state index in [-0.39, 0.29) is 0 Å². The summed E-state index contributed by atoms with van der Waals surface area (Å²) in [4.78, 5) is 4.14. The summed E-state index contributed by atoms with van der Waals surface area (Å²) in [5, 5.41) is 10.4. The highest BCUT2D eigenvalue weighted by Gasteiger charge is 2.13. The molecule has 0 saturated heterocycles. The van der Waals surface area contributed by atoms with Crippen LogP contribution in [-0.4, -0.2) is 17.2 Å². The van der Waals surface area contributed by atoms with Gasteiger partial charge in [0.05, 0.1) is 13.2 Å². The number of ether oxygens (including phenoxy) is 1. The molecule has 0 fully saturated rings. The summed E-state index contributed by atoms with van der Waals surface area (Å²) in [5.74, 6) is 0.559. The van der Waals surface area contributed by atoms with E-state index in [4.69, 9.17) is 4.74 Å². The molecule has 1 unspecified atom stereocenters. The number of hydrogen-bond donors (Lipinski definition) is 1. The molecule has 0 saturated carbocycles. The van der Waals surface area contributed by atoms with Crippen LogP contribution < -0.4 is 4.74 Å². The average Bonchev–Trinajstić information content (AvgIpc) is 2.42. The van der Waals surface area contributed by atoms with Gasteiger partial charge < -0.3 is 9.84 Å². The smallest absolute Gasteiger partial charge is 0.212 e. The van der Waals surface area contributed by atoms with Crippen LogP contribution in [0.2, 0.25) is 0 Å². The van der Waals surface area contributed by atoms with Crippen molar-refractivity contribution in [2.75, 3.05) is 7.11 Å². The van der Waals surface area contributed by atoms with Crippen LogP contribution in [0.1, 0.15) is 33.9 Å². The summed E-state index contributed by atoms with van der Waals surface area (Å²) >= 11 is 0. The molecule has 0 spiro atoms. The number of aliphatic hydroxyl groups excluding tert-OH is 1. The fourth-order valence-corrected chi connectivity index (χ4v) is 2.55. The Bertz CT molecular complexity index is 567. The van der Waals surface area contributed by atoms with Gasteiger partial charge in [0.1, 0.15) is 0 Å². The molecule has 0 aliphatic carbocycles. The normalized spacial score (nSPS) is 12.2. The second-order valence-corrected chi connectivity index (χ2v) is 5.23. The summed E-state index contributed by atoms with van der Waals surface area (Å²) in [6, 6.07) is 7.94. The molecule has 0 aliphatic rings. The number of aliphatic hydroxyl groups is 1. The minimum absolute atomic E-state index is 0.548. The molecule has 0 bridgehead atoms. The van der Waals surface area contributed by atoms with Gasteiger partial charge in [-0.3, -0.25) is 0 Å². The van der Waals surface area contributed by atoms with E-state index in [1.807, 2.05) is 6.07 Å². The molecule has 0 aliphatic heterocycles. The van der Waals surface area contributed by atoms with E-state index in [0.717, 1.165) is 5.56 Å². The van der Waals surface area contributed by atoms with E-state index in [2.05, 4.69) is 37.9 Å². The van der Waals surface area contributed by atoms with E-state index < -0.39 is 6.10 Å². The Hall–Kier alpha value is -1.87. The highest BCUT2D eigenvalue weighted by molar-refractivity contribution is 5.38. The van der Waals surface area contributed by atoms with Gasteiger partial charge in [0.25, 0.3) is 0 Å². The monoisotopic (exact) mass is 271 g/mol. The lowest BCUT2D eigenvalue weighted by molar-refractivity contribution is 0.177. The Balaban J connectivity index is 2.20. The number of hydrogen-bond acceptors (Lipinski definition) is 3. The minimum Gasteiger partial charge on any atom is -0.481 e.